The summed E-state index contributed by atoms with van der Waals surface area (Å²) in [5, 5.41) is 3.20. The normalized spacial score (nSPS) is 17.9. The predicted molar refractivity (Wildman–Crippen MR) is 146 cm³/mol. The van der Waals surface area contributed by atoms with Crippen molar-refractivity contribution in [2.24, 2.45) is 11.8 Å². The summed E-state index contributed by atoms with van der Waals surface area (Å²) in [6, 6.07) is 13.6. The van der Waals surface area contributed by atoms with Gasteiger partial charge in [-0.05, 0) is 73.4 Å². The highest BCUT2D eigenvalue weighted by molar-refractivity contribution is 5.64. The van der Waals surface area contributed by atoms with Gasteiger partial charge in [0.25, 0.3) is 0 Å². The van der Waals surface area contributed by atoms with Crippen LogP contribution in [0.2, 0.25) is 0 Å². The molecule has 0 amide bonds. The Morgan fingerprint density at radius 3 is 2.18 bits per heavy atom. The largest absolute Gasteiger partial charge is 0.495 e. The van der Waals surface area contributed by atoms with Gasteiger partial charge in [-0.3, -0.25) is 4.90 Å². The SMILES string of the molecule is CNc1ccc(N2CCC(CN3CCN(c4ccc(CC(C)C)c(C)c4)CC3)CC2)cc1OC. The molecule has 0 aliphatic carbocycles. The van der Waals surface area contributed by atoms with Gasteiger partial charge in [-0.2, -0.15) is 0 Å². The number of benzene rings is 2. The zero-order valence-corrected chi connectivity index (χ0v) is 21.9. The zero-order chi connectivity index (χ0) is 24.1. The van der Waals surface area contributed by atoms with Crippen molar-refractivity contribution in [1.82, 2.24) is 4.90 Å². The summed E-state index contributed by atoms with van der Waals surface area (Å²) in [6.45, 7) is 15.0. The summed E-state index contributed by atoms with van der Waals surface area (Å²) < 4.78 is 5.56. The molecule has 0 unspecified atom stereocenters. The van der Waals surface area contributed by atoms with E-state index in [1.165, 1.54) is 61.4 Å². The standard InChI is InChI=1S/C29H44N4O/c1-22(2)18-25-6-7-26(19-23(25)3)33-16-14-31(15-17-33)21-24-10-12-32(13-11-24)27-8-9-28(30-4)29(20-27)34-5/h6-9,19-20,22,24,30H,10-18,21H2,1-5H3. The van der Waals surface area contributed by atoms with Gasteiger partial charge >= 0.3 is 0 Å². The molecule has 2 aromatic carbocycles. The number of ether oxygens (including phenoxy) is 1. The Morgan fingerprint density at radius 1 is 0.912 bits per heavy atom. The summed E-state index contributed by atoms with van der Waals surface area (Å²) >= 11 is 0. The lowest BCUT2D eigenvalue weighted by Crippen LogP contribution is -2.49. The zero-order valence-electron chi connectivity index (χ0n) is 21.9. The van der Waals surface area contributed by atoms with E-state index < -0.39 is 0 Å². The minimum absolute atomic E-state index is 0.710. The van der Waals surface area contributed by atoms with Crippen molar-refractivity contribution in [1.29, 1.82) is 0 Å². The molecule has 0 aromatic heterocycles. The van der Waals surface area contributed by atoms with Crippen molar-refractivity contribution in [3.05, 3.63) is 47.5 Å². The van der Waals surface area contributed by atoms with Gasteiger partial charge in [0.2, 0.25) is 0 Å². The molecule has 2 aromatic rings. The number of hydrogen-bond donors (Lipinski definition) is 1. The summed E-state index contributed by atoms with van der Waals surface area (Å²) in [7, 11) is 3.68. The van der Waals surface area contributed by atoms with Crippen LogP contribution in [0.15, 0.2) is 36.4 Å². The van der Waals surface area contributed by atoms with Gasteiger partial charge in [0, 0.05) is 70.3 Å². The van der Waals surface area contributed by atoms with Crippen LogP contribution in [0, 0.1) is 18.8 Å². The van der Waals surface area contributed by atoms with Crippen molar-refractivity contribution in [3.8, 4) is 5.75 Å². The smallest absolute Gasteiger partial charge is 0.144 e. The molecule has 4 rings (SSSR count). The lowest BCUT2D eigenvalue weighted by atomic mass is 9.95. The number of rotatable bonds is 8. The monoisotopic (exact) mass is 464 g/mol. The summed E-state index contributed by atoms with van der Waals surface area (Å²) in [4.78, 5) is 7.79. The van der Waals surface area contributed by atoms with Gasteiger partial charge < -0.3 is 19.9 Å². The van der Waals surface area contributed by atoms with Gasteiger partial charge in [0.15, 0.2) is 0 Å². The molecule has 34 heavy (non-hydrogen) atoms. The van der Waals surface area contributed by atoms with Gasteiger partial charge in [-0.1, -0.05) is 19.9 Å². The lowest BCUT2D eigenvalue weighted by Gasteiger charge is -2.40. The van der Waals surface area contributed by atoms with Gasteiger partial charge in [0.1, 0.15) is 5.75 Å². The predicted octanol–water partition coefficient (Wildman–Crippen LogP) is 5.28. The van der Waals surface area contributed by atoms with Crippen LogP contribution in [0.3, 0.4) is 0 Å². The number of hydrogen-bond acceptors (Lipinski definition) is 5. The molecule has 2 heterocycles. The Morgan fingerprint density at radius 2 is 1.56 bits per heavy atom. The van der Waals surface area contributed by atoms with E-state index in [0.717, 1.165) is 43.5 Å². The second-order valence-corrected chi connectivity index (χ2v) is 10.6. The minimum Gasteiger partial charge on any atom is -0.495 e. The first kappa shape index (κ1) is 24.7. The Bertz CT molecular complexity index is 928. The highest BCUT2D eigenvalue weighted by atomic mass is 16.5. The van der Waals surface area contributed by atoms with E-state index in [2.05, 4.69) is 77.2 Å². The molecule has 186 valence electrons. The fourth-order valence-electron chi connectivity index (χ4n) is 5.56. The topological polar surface area (TPSA) is 31.0 Å². The number of nitrogens with zero attached hydrogens (tertiary/aromatic N) is 3. The molecule has 0 radical (unpaired) electrons. The molecule has 0 bridgehead atoms. The van der Waals surface area contributed by atoms with E-state index in [1.54, 1.807) is 7.11 Å². The number of piperidine rings is 1. The summed E-state index contributed by atoms with van der Waals surface area (Å²) in [5.74, 6) is 2.44. The van der Waals surface area contributed by atoms with Gasteiger partial charge in [-0.25, -0.2) is 0 Å². The van der Waals surface area contributed by atoms with Crippen LogP contribution in [-0.2, 0) is 6.42 Å². The highest BCUT2D eigenvalue weighted by Gasteiger charge is 2.24. The molecular weight excluding hydrogens is 420 g/mol. The fourth-order valence-corrected chi connectivity index (χ4v) is 5.56. The molecule has 1 N–H and O–H groups in total. The number of piperazine rings is 1. The van der Waals surface area contributed by atoms with E-state index in [0.29, 0.717) is 5.92 Å². The van der Waals surface area contributed by atoms with Crippen LogP contribution >= 0.6 is 0 Å². The third-order valence-electron chi connectivity index (χ3n) is 7.64. The molecular formula is C29H44N4O. The average molecular weight is 465 g/mol. The quantitative estimate of drug-likeness (QED) is 0.574. The first-order chi connectivity index (χ1) is 16.5. The molecule has 5 heteroatoms. The van der Waals surface area contributed by atoms with Crippen LogP contribution in [0.25, 0.3) is 0 Å². The molecule has 2 aliphatic rings. The minimum atomic E-state index is 0.710. The van der Waals surface area contributed by atoms with E-state index in [1.807, 2.05) is 7.05 Å². The average Bonchev–Trinajstić information content (AvgIpc) is 2.85. The van der Waals surface area contributed by atoms with Crippen LogP contribution in [-0.4, -0.2) is 64.9 Å². The second-order valence-electron chi connectivity index (χ2n) is 10.6. The first-order valence-corrected chi connectivity index (χ1v) is 13.1. The maximum Gasteiger partial charge on any atom is 0.144 e. The Balaban J connectivity index is 1.24. The Labute approximate surface area is 207 Å². The molecule has 0 atom stereocenters. The van der Waals surface area contributed by atoms with Crippen molar-refractivity contribution in [2.45, 2.75) is 40.0 Å². The Hall–Kier alpha value is -2.40. The third-order valence-corrected chi connectivity index (χ3v) is 7.64. The first-order valence-electron chi connectivity index (χ1n) is 13.1. The van der Waals surface area contributed by atoms with Crippen LogP contribution < -0.4 is 19.9 Å². The molecule has 5 nitrogen and oxygen atoms in total. The van der Waals surface area contributed by atoms with Crippen molar-refractivity contribution in [2.75, 3.05) is 75.1 Å². The highest BCUT2D eigenvalue weighted by Crippen LogP contribution is 2.32. The molecule has 2 saturated heterocycles. The fraction of sp³-hybridized carbons (Fsp3) is 0.586. The van der Waals surface area contributed by atoms with E-state index in [9.17, 15) is 0 Å². The molecule has 2 fully saturated rings. The summed E-state index contributed by atoms with van der Waals surface area (Å²) in [6.07, 6.45) is 3.72. The maximum atomic E-state index is 5.56. The summed E-state index contributed by atoms with van der Waals surface area (Å²) in [5.41, 5.74) is 6.66. The van der Waals surface area contributed by atoms with Crippen LogP contribution in [0.1, 0.15) is 37.8 Å². The lowest BCUT2D eigenvalue weighted by molar-refractivity contribution is 0.201. The van der Waals surface area contributed by atoms with Crippen molar-refractivity contribution in [3.63, 3.8) is 0 Å². The second kappa shape index (κ2) is 11.4. The van der Waals surface area contributed by atoms with E-state index in [-0.39, 0.29) is 0 Å². The maximum absolute atomic E-state index is 5.56. The van der Waals surface area contributed by atoms with Crippen LogP contribution in [0.4, 0.5) is 17.1 Å². The molecule has 0 spiro atoms. The van der Waals surface area contributed by atoms with Crippen molar-refractivity contribution >= 4 is 17.1 Å². The van der Waals surface area contributed by atoms with Gasteiger partial charge in [0.05, 0.1) is 12.8 Å². The number of anilines is 3. The molecule has 2 aliphatic heterocycles. The Kier molecular flexibility index (Phi) is 8.25. The number of nitrogens with one attached hydrogen (secondary N) is 1. The number of methoxy groups -OCH3 is 1. The van der Waals surface area contributed by atoms with E-state index in [4.69, 9.17) is 4.74 Å². The van der Waals surface area contributed by atoms with Gasteiger partial charge in [-0.15, -0.1) is 0 Å². The number of aryl methyl sites for hydroxylation is 1. The molecule has 0 saturated carbocycles. The third kappa shape index (κ3) is 5.99. The van der Waals surface area contributed by atoms with E-state index >= 15 is 0 Å². The van der Waals surface area contributed by atoms with Crippen molar-refractivity contribution < 1.29 is 4.74 Å². The van der Waals surface area contributed by atoms with Crippen LogP contribution in [0.5, 0.6) is 5.75 Å².